The summed E-state index contributed by atoms with van der Waals surface area (Å²) in [6.45, 7) is 0.735. The highest BCUT2D eigenvalue weighted by Gasteiger charge is 2.64. The van der Waals surface area contributed by atoms with Crippen LogP contribution in [0.2, 0.25) is 0 Å². The number of nitrogens with zero attached hydrogens (tertiary/aromatic N) is 2. The zero-order valence-electron chi connectivity index (χ0n) is 15.3. The van der Waals surface area contributed by atoms with Crippen molar-refractivity contribution in [3.05, 3.63) is 35.9 Å². The molecule has 0 bridgehead atoms. The molecule has 3 unspecified atom stereocenters. The number of hydrogen-bond acceptors (Lipinski definition) is 3. The summed E-state index contributed by atoms with van der Waals surface area (Å²) in [4.78, 5) is 38.9. The molecule has 2 heterocycles. The summed E-state index contributed by atoms with van der Waals surface area (Å²) in [7, 11) is 0. The Hall–Kier alpha value is -2.58. The van der Waals surface area contributed by atoms with Gasteiger partial charge in [-0.25, -0.2) is 0 Å². The minimum absolute atomic E-state index is 0.0847. The number of likely N-dealkylation sites (tertiary alicyclic amines) is 2. The Kier molecular flexibility index (Phi) is 5.12. The van der Waals surface area contributed by atoms with E-state index in [9.17, 15) is 27.6 Å². The van der Waals surface area contributed by atoms with Gasteiger partial charge in [0.1, 0.15) is 0 Å². The summed E-state index contributed by atoms with van der Waals surface area (Å²) in [6.07, 6.45) is -5.71. The van der Waals surface area contributed by atoms with E-state index < -0.39 is 42.4 Å². The molecule has 28 heavy (non-hydrogen) atoms. The fourth-order valence-electron chi connectivity index (χ4n) is 3.97. The lowest BCUT2D eigenvalue weighted by Gasteiger charge is -2.28. The Morgan fingerprint density at radius 1 is 1.25 bits per heavy atom. The van der Waals surface area contributed by atoms with E-state index in [-0.39, 0.29) is 31.5 Å². The van der Waals surface area contributed by atoms with Crippen molar-refractivity contribution in [2.75, 3.05) is 19.6 Å². The van der Waals surface area contributed by atoms with Crippen LogP contribution in [0.25, 0.3) is 0 Å². The predicted molar refractivity (Wildman–Crippen MR) is 92.0 cm³/mol. The molecule has 2 saturated heterocycles. The third-order valence-corrected chi connectivity index (χ3v) is 5.79. The third-order valence-electron chi connectivity index (χ3n) is 5.79. The van der Waals surface area contributed by atoms with Crippen LogP contribution in [-0.4, -0.2) is 58.5 Å². The Balaban J connectivity index is 1.71. The van der Waals surface area contributed by atoms with Crippen LogP contribution in [0.5, 0.6) is 0 Å². The molecule has 0 saturated carbocycles. The number of carbonyl (C=O) groups is 3. The van der Waals surface area contributed by atoms with Gasteiger partial charge in [0.2, 0.25) is 11.8 Å². The summed E-state index contributed by atoms with van der Waals surface area (Å²) in [5.41, 5.74) is -2.05. The topological polar surface area (TPSA) is 77.9 Å². The van der Waals surface area contributed by atoms with Crippen LogP contribution in [0.4, 0.5) is 13.2 Å². The smallest absolute Gasteiger partial charge is 0.406 e. The number of benzene rings is 1. The number of alkyl halides is 3. The van der Waals surface area contributed by atoms with Crippen LogP contribution >= 0.6 is 0 Å². The first-order valence-corrected chi connectivity index (χ1v) is 9.00. The summed E-state index contributed by atoms with van der Waals surface area (Å²) < 4.78 is 40.0. The van der Waals surface area contributed by atoms with Crippen molar-refractivity contribution in [1.82, 2.24) is 9.80 Å². The van der Waals surface area contributed by atoms with E-state index in [4.69, 9.17) is 5.11 Å². The SMILES string of the molecule is CC(c1ccccc1)N1CC(C(=O)N2CCC(C(=O)O)(C(F)(F)F)C2)CC1=O. The highest BCUT2D eigenvalue weighted by Crippen LogP contribution is 2.46. The summed E-state index contributed by atoms with van der Waals surface area (Å²) >= 11 is 0. The summed E-state index contributed by atoms with van der Waals surface area (Å²) in [6, 6.07) is 8.97. The van der Waals surface area contributed by atoms with Gasteiger partial charge in [0, 0.05) is 26.1 Å². The van der Waals surface area contributed by atoms with Crippen LogP contribution in [0.15, 0.2) is 30.3 Å². The molecule has 152 valence electrons. The Morgan fingerprint density at radius 2 is 1.89 bits per heavy atom. The van der Waals surface area contributed by atoms with Gasteiger partial charge in [0.25, 0.3) is 0 Å². The van der Waals surface area contributed by atoms with Crippen molar-refractivity contribution in [2.24, 2.45) is 11.3 Å². The summed E-state index contributed by atoms with van der Waals surface area (Å²) in [5, 5.41) is 9.13. The van der Waals surface area contributed by atoms with Gasteiger partial charge >= 0.3 is 12.1 Å². The van der Waals surface area contributed by atoms with Gasteiger partial charge in [-0.2, -0.15) is 13.2 Å². The van der Waals surface area contributed by atoms with Gasteiger partial charge in [-0.15, -0.1) is 0 Å². The molecule has 2 fully saturated rings. The predicted octanol–water partition coefficient (Wildman–Crippen LogP) is 2.46. The number of aliphatic carboxylic acids is 1. The number of hydrogen-bond donors (Lipinski definition) is 1. The monoisotopic (exact) mass is 398 g/mol. The Bertz CT molecular complexity index is 783. The van der Waals surface area contributed by atoms with Gasteiger partial charge in [0.05, 0.1) is 12.0 Å². The molecule has 0 aromatic heterocycles. The molecule has 2 aliphatic rings. The number of halogens is 3. The Labute approximate surface area is 159 Å². The molecule has 6 nitrogen and oxygen atoms in total. The standard InChI is InChI=1S/C19H21F3N2O4/c1-12(13-5-3-2-4-6-13)24-10-14(9-15(24)25)16(26)23-8-7-18(11-23,17(27)28)19(20,21)22/h2-6,12,14H,7-11H2,1H3,(H,27,28). The van der Waals surface area contributed by atoms with E-state index >= 15 is 0 Å². The second-order valence-electron chi connectivity index (χ2n) is 7.43. The third kappa shape index (κ3) is 3.33. The van der Waals surface area contributed by atoms with E-state index in [2.05, 4.69) is 0 Å². The maximum atomic E-state index is 13.3. The lowest BCUT2D eigenvalue weighted by atomic mass is 9.86. The molecule has 0 aliphatic carbocycles. The highest BCUT2D eigenvalue weighted by atomic mass is 19.4. The molecule has 1 N–H and O–H groups in total. The second-order valence-corrected chi connectivity index (χ2v) is 7.43. The fourth-order valence-corrected chi connectivity index (χ4v) is 3.97. The van der Waals surface area contributed by atoms with E-state index in [0.717, 1.165) is 10.5 Å². The normalized spacial score (nSPS) is 26.6. The van der Waals surface area contributed by atoms with E-state index in [1.807, 2.05) is 37.3 Å². The van der Waals surface area contributed by atoms with Crippen LogP contribution in [-0.2, 0) is 14.4 Å². The molecule has 9 heteroatoms. The van der Waals surface area contributed by atoms with E-state index in [1.165, 1.54) is 0 Å². The first-order chi connectivity index (χ1) is 13.1. The molecule has 1 aromatic carbocycles. The molecule has 2 amide bonds. The minimum Gasteiger partial charge on any atom is -0.481 e. The average molecular weight is 398 g/mol. The zero-order chi connectivity index (χ0) is 20.7. The fraction of sp³-hybridized carbons (Fsp3) is 0.526. The molecule has 3 atom stereocenters. The Morgan fingerprint density at radius 3 is 2.43 bits per heavy atom. The molecule has 0 spiro atoms. The van der Waals surface area contributed by atoms with Crippen molar-refractivity contribution in [3.63, 3.8) is 0 Å². The maximum Gasteiger partial charge on any atom is 0.406 e. The van der Waals surface area contributed by atoms with Crippen molar-refractivity contribution in [3.8, 4) is 0 Å². The van der Waals surface area contributed by atoms with Crippen LogP contribution in [0, 0.1) is 11.3 Å². The van der Waals surface area contributed by atoms with Gasteiger partial charge in [-0.1, -0.05) is 30.3 Å². The zero-order valence-corrected chi connectivity index (χ0v) is 15.3. The molecule has 2 aliphatic heterocycles. The van der Waals surface area contributed by atoms with Gasteiger partial charge in [0.15, 0.2) is 5.41 Å². The lowest BCUT2D eigenvalue weighted by molar-refractivity contribution is -0.227. The van der Waals surface area contributed by atoms with Crippen molar-refractivity contribution in [2.45, 2.75) is 32.0 Å². The summed E-state index contributed by atoms with van der Waals surface area (Å²) in [5.74, 6) is -3.58. The molecule has 3 rings (SSSR count). The minimum atomic E-state index is -4.95. The lowest BCUT2D eigenvalue weighted by Crippen LogP contribution is -2.48. The van der Waals surface area contributed by atoms with Crippen LogP contribution in [0.1, 0.15) is 31.4 Å². The molecular weight excluding hydrogens is 377 g/mol. The number of rotatable bonds is 4. The van der Waals surface area contributed by atoms with Gasteiger partial charge in [-0.3, -0.25) is 14.4 Å². The maximum absolute atomic E-state index is 13.3. The molecule has 0 radical (unpaired) electrons. The van der Waals surface area contributed by atoms with E-state index in [0.29, 0.717) is 0 Å². The average Bonchev–Trinajstić information content (AvgIpc) is 3.26. The largest absolute Gasteiger partial charge is 0.481 e. The second kappa shape index (κ2) is 7.10. The van der Waals surface area contributed by atoms with Crippen LogP contribution in [0.3, 0.4) is 0 Å². The first kappa shape index (κ1) is 20.2. The number of carbonyl (C=O) groups excluding carboxylic acids is 2. The van der Waals surface area contributed by atoms with Gasteiger partial charge in [-0.05, 0) is 18.9 Å². The van der Waals surface area contributed by atoms with Crippen LogP contribution < -0.4 is 0 Å². The number of carboxylic acid groups (broad SMARTS) is 1. The highest BCUT2D eigenvalue weighted by molar-refractivity contribution is 5.90. The number of amides is 2. The molecule has 1 aromatic rings. The van der Waals surface area contributed by atoms with Crippen molar-refractivity contribution >= 4 is 17.8 Å². The van der Waals surface area contributed by atoms with Crippen molar-refractivity contribution < 1.29 is 32.7 Å². The van der Waals surface area contributed by atoms with Crippen molar-refractivity contribution in [1.29, 1.82) is 0 Å². The molecular formula is C19H21F3N2O4. The number of carboxylic acids is 1. The van der Waals surface area contributed by atoms with E-state index in [1.54, 1.807) is 4.90 Å². The quantitative estimate of drug-likeness (QED) is 0.845. The van der Waals surface area contributed by atoms with Gasteiger partial charge < -0.3 is 14.9 Å². The first-order valence-electron chi connectivity index (χ1n) is 9.00.